The first kappa shape index (κ1) is 14.1. The minimum atomic E-state index is -0.329. The molecule has 0 spiro atoms. The molecule has 0 heterocycles. The van der Waals surface area contributed by atoms with Crippen LogP contribution >= 0.6 is 0 Å². The fraction of sp³-hybridized carbons (Fsp3) is 0.188. The number of aliphatic hydroxyl groups is 1. The monoisotopic (exact) mass is 270 g/mol. The highest BCUT2D eigenvalue weighted by molar-refractivity contribution is 5.99. The van der Waals surface area contributed by atoms with Gasteiger partial charge in [-0.3, -0.25) is 4.79 Å². The highest BCUT2D eigenvalue weighted by Gasteiger charge is 2.15. The van der Waals surface area contributed by atoms with E-state index in [4.69, 9.17) is 5.73 Å². The summed E-state index contributed by atoms with van der Waals surface area (Å²) in [6.07, 6.45) is 0.579. The van der Waals surface area contributed by atoms with Crippen molar-refractivity contribution in [1.29, 1.82) is 0 Å². The Labute approximate surface area is 118 Å². The van der Waals surface area contributed by atoms with E-state index in [1.165, 1.54) is 0 Å². The van der Waals surface area contributed by atoms with Crippen LogP contribution in [0.2, 0.25) is 0 Å². The number of aliphatic hydroxyl groups excluding tert-OH is 1. The summed E-state index contributed by atoms with van der Waals surface area (Å²) >= 11 is 0. The van der Waals surface area contributed by atoms with Crippen molar-refractivity contribution in [3.63, 3.8) is 0 Å². The van der Waals surface area contributed by atoms with Gasteiger partial charge < -0.3 is 16.2 Å². The highest BCUT2D eigenvalue weighted by atomic mass is 16.3. The predicted molar refractivity (Wildman–Crippen MR) is 79.3 cm³/mol. The topological polar surface area (TPSA) is 75.4 Å². The smallest absolute Gasteiger partial charge is 0.253 e. The minimum absolute atomic E-state index is 0.118. The van der Waals surface area contributed by atoms with Crippen molar-refractivity contribution < 1.29 is 9.90 Å². The van der Waals surface area contributed by atoms with Gasteiger partial charge in [0.05, 0.1) is 18.2 Å². The fourth-order valence-corrected chi connectivity index (χ4v) is 2.03. The van der Waals surface area contributed by atoms with E-state index >= 15 is 0 Å². The van der Waals surface area contributed by atoms with E-state index in [0.717, 1.165) is 5.56 Å². The molecule has 20 heavy (non-hydrogen) atoms. The molecule has 0 aliphatic carbocycles. The van der Waals surface area contributed by atoms with Crippen LogP contribution in [0.5, 0.6) is 0 Å². The van der Waals surface area contributed by atoms with Crippen LogP contribution in [0.25, 0.3) is 0 Å². The number of para-hydroxylation sites is 1. The summed E-state index contributed by atoms with van der Waals surface area (Å²) in [5.74, 6) is -0.266. The van der Waals surface area contributed by atoms with Crippen molar-refractivity contribution in [2.45, 2.75) is 12.5 Å². The average Bonchev–Trinajstić information content (AvgIpc) is 2.48. The third-order valence-corrected chi connectivity index (χ3v) is 3.09. The van der Waals surface area contributed by atoms with Crippen LogP contribution in [0.15, 0.2) is 54.6 Å². The molecular weight excluding hydrogens is 252 g/mol. The lowest BCUT2D eigenvalue weighted by Crippen LogP contribution is -2.39. The van der Waals surface area contributed by atoms with Gasteiger partial charge in [-0.05, 0) is 24.1 Å². The van der Waals surface area contributed by atoms with E-state index in [9.17, 15) is 9.90 Å². The first-order valence-electron chi connectivity index (χ1n) is 6.51. The number of nitrogens with two attached hydrogens (primary N) is 1. The molecule has 104 valence electrons. The summed E-state index contributed by atoms with van der Waals surface area (Å²) < 4.78 is 0. The van der Waals surface area contributed by atoms with Crippen LogP contribution in [0, 0.1) is 0 Å². The molecule has 0 radical (unpaired) electrons. The number of nitrogens with one attached hydrogen (secondary N) is 1. The van der Waals surface area contributed by atoms with Crippen molar-refractivity contribution in [3.05, 3.63) is 65.7 Å². The summed E-state index contributed by atoms with van der Waals surface area (Å²) in [6.45, 7) is -0.118. The molecule has 0 unspecified atom stereocenters. The molecule has 4 nitrogen and oxygen atoms in total. The molecular formula is C16H18N2O2. The zero-order valence-corrected chi connectivity index (χ0v) is 11.1. The number of amides is 1. The molecule has 1 atom stereocenters. The highest BCUT2D eigenvalue weighted by Crippen LogP contribution is 2.11. The second-order valence-corrected chi connectivity index (χ2v) is 4.63. The van der Waals surface area contributed by atoms with Gasteiger partial charge >= 0.3 is 0 Å². The van der Waals surface area contributed by atoms with Gasteiger partial charge in [-0.25, -0.2) is 0 Å². The number of hydrogen-bond acceptors (Lipinski definition) is 3. The summed E-state index contributed by atoms with van der Waals surface area (Å²) in [5.41, 5.74) is 7.69. The van der Waals surface area contributed by atoms with Gasteiger partial charge in [-0.1, -0.05) is 42.5 Å². The average molecular weight is 270 g/mol. The Balaban J connectivity index is 2.03. The lowest BCUT2D eigenvalue weighted by atomic mass is 10.1. The molecule has 0 aromatic heterocycles. The molecule has 0 aliphatic rings. The number of carbonyl (C=O) groups excluding carboxylic acids is 1. The van der Waals surface area contributed by atoms with Gasteiger partial charge in [0.15, 0.2) is 0 Å². The molecule has 2 aromatic rings. The van der Waals surface area contributed by atoms with E-state index < -0.39 is 0 Å². The third-order valence-electron chi connectivity index (χ3n) is 3.09. The molecule has 0 saturated carbocycles. The number of rotatable bonds is 5. The van der Waals surface area contributed by atoms with Crippen LogP contribution in [-0.4, -0.2) is 23.7 Å². The summed E-state index contributed by atoms with van der Waals surface area (Å²) in [7, 11) is 0. The van der Waals surface area contributed by atoms with Gasteiger partial charge in [-0.2, -0.15) is 0 Å². The van der Waals surface area contributed by atoms with Gasteiger partial charge in [0.25, 0.3) is 5.91 Å². The molecule has 0 aliphatic heterocycles. The molecule has 2 rings (SSSR count). The number of benzene rings is 2. The Morgan fingerprint density at radius 1 is 1.10 bits per heavy atom. The third kappa shape index (κ3) is 3.59. The van der Waals surface area contributed by atoms with Gasteiger partial charge in [-0.15, -0.1) is 0 Å². The maximum atomic E-state index is 12.1. The van der Waals surface area contributed by atoms with Crippen LogP contribution in [0.4, 0.5) is 5.69 Å². The van der Waals surface area contributed by atoms with Crippen LogP contribution in [0.1, 0.15) is 15.9 Å². The standard InChI is InChI=1S/C16H18N2O2/c17-15-9-5-4-8-14(15)16(20)18-13(11-19)10-12-6-2-1-3-7-12/h1-9,13,19H,10-11,17H2,(H,18,20)/t13-/m0/s1. The summed E-state index contributed by atoms with van der Waals surface area (Å²) in [6, 6.07) is 16.3. The summed E-state index contributed by atoms with van der Waals surface area (Å²) in [5, 5.41) is 12.2. The first-order chi connectivity index (χ1) is 9.70. The first-order valence-corrected chi connectivity index (χ1v) is 6.51. The Morgan fingerprint density at radius 2 is 1.75 bits per heavy atom. The number of carbonyl (C=O) groups is 1. The van der Waals surface area contributed by atoms with Crippen LogP contribution in [-0.2, 0) is 6.42 Å². The van der Waals surface area contributed by atoms with Crippen molar-refractivity contribution in [1.82, 2.24) is 5.32 Å². The Morgan fingerprint density at radius 3 is 2.40 bits per heavy atom. The Hall–Kier alpha value is -2.33. The number of nitrogen functional groups attached to an aromatic ring is 1. The molecule has 0 bridgehead atoms. The van der Waals surface area contributed by atoms with Crippen molar-refractivity contribution in [3.8, 4) is 0 Å². The summed E-state index contributed by atoms with van der Waals surface area (Å²) in [4.78, 5) is 12.1. The van der Waals surface area contributed by atoms with Crippen LogP contribution < -0.4 is 11.1 Å². The molecule has 4 N–H and O–H groups in total. The van der Waals surface area contributed by atoms with Crippen molar-refractivity contribution >= 4 is 11.6 Å². The van der Waals surface area contributed by atoms with Crippen molar-refractivity contribution in [2.24, 2.45) is 0 Å². The largest absolute Gasteiger partial charge is 0.398 e. The lowest BCUT2D eigenvalue weighted by Gasteiger charge is -2.17. The predicted octanol–water partition coefficient (Wildman–Crippen LogP) is 1.60. The Bertz CT molecular complexity index is 570. The minimum Gasteiger partial charge on any atom is -0.398 e. The number of anilines is 1. The van der Waals surface area contributed by atoms with E-state index in [2.05, 4.69) is 5.32 Å². The zero-order chi connectivity index (χ0) is 14.4. The van der Waals surface area contributed by atoms with E-state index in [0.29, 0.717) is 17.7 Å². The van der Waals surface area contributed by atoms with Crippen molar-refractivity contribution in [2.75, 3.05) is 12.3 Å². The molecule has 1 amide bonds. The lowest BCUT2D eigenvalue weighted by molar-refractivity contribution is 0.0917. The van der Waals surface area contributed by atoms with Gasteiger partial charge in [0.2, 0.25) is 0 Å². The SMILES string of the molecule is Nc1ccccc1C(=O)N[C@H](CO)Cc1ccccc1. The van der Waals surface area contributed by atoms with E-state index in [1.54, 1.807) is 24.3 Å². The maximum Gasteiger partial charge on any atom is 0.253 e. The second-order valence-electron chi connectivity index (χ2n) is 4.63. The molecule has 0 fully saturated rings. The zero-order valence-electron chi connectivity index (χ0n) is 11.1. The van der Waals surface area contributed by atoms with Gasteiger partial charge in [0.1, 0.15) is 0 Å². The van der Waals surface area contributed by atoms with Gasteiger partial charge in [0, 0.05) is 5.69 Å². The van der Waals surface area contributed by atoms with Crippen LogP contribution in [0.3, 0.4) is 0 Å². The molecule has 4 heteroatoms. The number of hydrogen-bond donors (Lipinski definition) is 3. The normalized spacial score (nSPS) is 11.8. The molecule has 0 saturated heterocycles. The maximum absolute atomic E-state index is 12.1. The van der Waals surface area contributed by atoms with E-state index in [1.807, 2.05) is 30.3 Å². The second kappa shape index (κ2) is 6.73. The quantitative estimate of drug-likeness (QED) is 0.722. The Kier molecular flexibility index (Phi) is 4.74. The van der Waals surface area contributed by atoms with E-state index in [-0.39, 0.29) is 18.6 Å². The fourth-order valence-electron chi connectivity index (χ4n) is 2.03. The molecule has 2 aromatic carbocycles.